The minimum absolute atomic E-state index is 0.0514. The number of fused-ring (bicyclic) bond motifs is 1. The van der Waals surface area contributed by atoms with Gasteiger partial charge in [0, 0.05) is 24.3 Å². The molecule has 0 unspecified atom stereocenters. The summed E-state index contributed by atoms with van der Waals surface area (Å²) in [5, 5.41) is 9.76. The van der Waals surface area contributed by atoms with E-state index < -0.39 is 0 Å². The van der Waals surface area contributed by atoms with Gasteiger partial charge in [0.1, 0.15) is 5.82 Å². The Morgan fingerprint density at radius 3 is 2.73 bits per heavy atom. The average Bonchev–Trinajstić information content (AvgIpc) is 2.88. The molecule has 2 aromatic heterocycles. The largest absolute Gasteiger partial charge is 0.310 e. The molecule has 1 aliphatic heterocycles. The lowest BCUT2D eigenvalue weighted by Crippen LogP contribution is -2.17. The summed E-state index contributed by atoms with van der Waals surface area (Å²) in [6.45, 7) is 5.89. The Labute approximate surface area is 132 Å². The van der Waals surface area contributed by atoms with Crippen LogP contribution < -0.4 is 10.9 Å². The summed E-state index contributed by atoms with van der Waals surface area (Å²) in [5.41, 5.74) is 2.40. The molecule has 0 spiro atoms. The molecule has 0 saturated heterocycles. The van der Waals surface area contributed by atoms with Crippen LogP contribution in [-0.4, -0.2) is 31.2 Å². The minimum atomic E-state index is -0.202. The van der Waals surface area contributed by atoms with Crippen molar-refractivity contribution in [2.24, 2.45) is 7.05 Å². The van der Waals surface area contributed by atoms with Crippen LogP contribution in [0, 0.1) is 6.92 Å². The minimum Gasteiger partial charge on any atom is -0.310 e. The maximum atomic E-state index is 12.5. The quantitative estimate of drug-likeness (QED) is 0.879. The van der Waals surface area contributed by atoms with Gasteiger partial charge in [0.05, 0.1) is 22.8 Å². The smallest absolute Gasteiger partial charge is 0.270 e. The number of carbonyl (C=O) groups excluding carboxylic acids is 1. The Kier molecular flexibility index (Phi) is 3.64. The van der Waals surface area contributed by atoms with Gasteiger partial charge >= 0.3 is 0 Å². The van der Waals surface area contributed by atoms with Gasteiger partial charge in [0.2, 0.25) is 5.91 Å². The van der Waals surface area contributed by atoms with E-state index in [0.717, 1.165) is 11.3 Å². The zero-order valence-electron chi connectivity index (χ0n) is 13.0. The Morgan fingerprint density at radius 1 is 1.41 bits per heavy atom. The van der Waals surface area contributed by atoms with E-state index in [9.17, 15) is 9.59 Å². The van der Waals surface area contributed by atoms with Crippen molar-refractivity contribution in [1.82, 2.24) is 19.6 Å². The second kappa shape index (κ2) is 5.35. The standard InChI is InChI=1S/C14H19N5O2S/c1-7(2)19-13-11(14(21)17-19)12(22-6-10(20)16-13)9-5-15-18(4)8(9)3/h5,7,12H,6H2,1-4H3,(H,16,20)(H,17,21)/t12-/m1/s1. The first kappa shape index (κ1) is 15.0. The van der Waals surface area contributed by atoms with Gasteiger partial charge in [-0.2, -0.15) is 5.10 Å². The number of nitrogens with zero attached hydrogens (tertiary/aromatic N) is 3. The third-order valence-corrected chi connectivity index (χ3v) is 5.19. The number of thioether (sulfide) groups is 1. The molecule has 0 aromatic carbocycles. The molecular weight excluding hydrogens is 302 g/mol. The number of H-pyrrole nitrogens is 1. The van der Waals surface area contributed by atoms with Crippen LogP contribution in [0.4, 0.5) is 5.82 Å². The Morgan fingerprint density at radius 2 is 2.14 bits per heavy atom. The van der Waals surface area contributed by atoms with Crippen LogP contribution in [0.2, 0.25) is 0 Å². The molecule has 118 valence electrons. The van der Waals surface area contributed by atoms with Crippen molar-refractivity contribution in [2.45, 2.75) is 32.1 Å². The molecule has 3 heterocycles. The molecule has 2 N–H and O–H groups in total. The third-order valence-electron chi connectivity index (χ3n) is 3.94. The first-order valence-corrected chi connectivity index (χ1v) is 8.19. The van der Waals surface area contributed by atoms with E-state index in [0.29, 0.717) is 17.1 Å². The van der Waals surface area contributed by atoms with Crippen LogP contribution in [0.25, 0.3) is 0 Å². The molecule has 2 aromatic rings. The predicted octanol–water partition coefficient (Wildman–Crippen LogP) is 1.57. The summed E-state index contributed by atoms with van der Waals surface area (Å²) in [7, 11) is 1.87. The number of aromatic nitrogens is 4. The summed E-state index contributed by atoms with van der Waals surface area (Å²) in [6, 6.07) is 0.0514. The molecule has 1 amide bonds. The van der Waals surface area contributed by atoms with Crippen LogP contribution in [0.15, 0.2) is 11.0 Å². The van der Waals surface area contributed by atoms with E-state index in [2.05, 4.69) is 15.5 Å². The fourth-order valence-corrected chi connectivity index (χ4v) is 3.84. The molecule has 0 radical (unpaired) electrons. The Balaban J connectivity index is 2.21. The molecule has 8 heteroatoms. The van der Waals surface area contributed by atoms with E-state index in [1.54, 1.807) is 15.6 Å². The molecule has 0 bridgehead atoms. The molecule has 1 aliphatic rings. The lowest BCUT2D eigenvalue weighted by atomic mass is 10.1. The number of amides is 1. The monoisotopic (exact) mass is 321 g/mol. The molecule has 3 rings (SSSR count). The van der Waals surface area contributed by atoms with E-state index in [4.69, 9.17) is 0 Å². The summed E-state index contributed by atoms with van der Waals surface area (Å²) < 4.78 is 3.50. The Bertz CT molecular complexity index is 786. The van der Waals surface area contributed by atoms with Crippen molar-refractivity contribution < 1.29 is 4.79 Å². The summed E-state index contributed by atoms with van der Waals surface area (Å²) in [5.74, 6) is 0.789. The third kappa shape index (κ3) is 2.27. The zero-order chi connectivity index (χ0) is 16.0. The molecule has 7 nitrogen and oxygen atoms in total. The number of rotatable bonds is 2. The van der Waals surface area contributed by atoms with Gasteiger partial charge in [-0.1, -0.05) is 0 Å². The van der Waals surface area contributed by atoms with E-state index in [1.165, 1.54) is 11.8 Å². The van der Waals surface area contributed by atoms with Gasteiger partial charge in [-0.3, -0.25) is 24.1 Å². The summed E-state index contributed by atoms with van der Waals surface area (Å²) in [4.78, 5) is 24.5. The summed E-state index contributed by atoms with van der Waals surface area (Å²) >= 11 is 1.46. The number of aromatic amines is 1. The highest BCUT2D eigenvalue weighted by atomic mass is 32.2. The molecule has 0 saturated carbocycles. The normalized spacial score (nSPS) is 18.2. The highest BCUT2D eigenvalue weighted by Crippen LogP contribution is 2.41. The number of hydrogen-bond acceptors (Lipinski definition) is 4. The molecule has 1 atom stereocenters. The first-order valence-electron chi connectivity index (χ1n) is 7.14. The molecule has 22 heavy (non-hydrogen) atoms. The SMILES string of the molecule is Cc1c([C@H]2SCC(=O)Nc3c2c(=O)[nH]n3C(C)C)cnn1C. The van der Waals surface area contributed by atoms with Crippen LogP contribution in [0.3, 0.4) is 0 Å². The van der Waals surface area contributed by atoms with Crippen molar-refractivity contribution in [3.63, 3.8) is 0 Å². The fourth-order valence-electron chi connectivity index (χ4n) is 2.65. The molecular formula is C14H19N5O2S. The highest BCUT2D eigenvalue weighted by Gasteiger charge is 2.32. The lowest BCUT2D eigenvalue weighted by Gasteiger charge is -2.14. The van der Waals surface area contributed by atoms with Crippen molar-refractivity contribution in [3.05, 3.63) is 33.4 Å². The van der Waals surface area contributed by atoms with Crippen molar-refractivity contribution in [2.75, 3.05) is 11.1 Å². The number of aryl methyl sites for hydroxylation is 1. The van der Waals surface area contributed by atoms with Gasteiger partial charge in [-0.25, -0.2) is 0 Å². The van der Waals surface area contributed by atoms with E-state index in [-0.39, 0.29) is 22.8 Å². The van der Waals surface area contributed by atoms with Crippen LogP contribution >= 0.6 is 11.8 Å². The maximum absolute atomic E-state index is 12.5. The number of nitrogens with one attached hydrogen (secondary N) is 2. The lowest BCUT2D eigenvalue weighted by molar-refractivity contribution is -0.113. The number of anilines is 1. The van der Waals surface area contributed by atoms with Crippen molar-refractivity contribution >= 4 is 23.5 Å². The van der Waals surface area contributed by atoms with Crippen molar-refractivity contribution in [1.29, 1.82) is 0 Å². The van der Waals surface area contributed by atoms with E-state index >= 15 is 0 Å². The van der Waals surface area contributed by atoms with Gasteiger partial charge < -0.3 is 5.32 Å². The van der Waals surface area contributed by atoms with Crippen molar-refractivity contribution in [3.8, 4) is 0 Å². The highest BCUT2D eigenvalue weighted by molar-refractivity contribution is 8.00. The number of hydrogen-bond donors (Lipinski definition) is 2. The molecule has 0 fully saturated rings. The first-order chi connectivity index (χ1) is 10.4. The van der Waals surface area contributed by atoms with Gasteiger partial charge in [-0.15, -0.1) is 11.8 Å². The zero-order valence-corrected chi connectivity index (χ0v) is 13.8. The van der Waals surface area contributed by atoms with Crippen LogP contribution in [0.1, 0.15) is 42.0 Å². The number of carbonyl (C=O) groups is 1. The Hall–Kier alpha value is -1.96. The van der Waals surface area contributed by atoms with E-state index in [1.807, 2.05) is 27.8 Å². The van der Waals surface area contributed by atoms with Gasteiger partial charge in [0.25, 0.3) is 5.56 Å². The van der Waals surface area contributed by atoms with Gasteiger partial charge in [0.15, 0.2) is 0 Å². The maximum Gasteiger partial charge on any atom is 0.270 e. The van der Waals surface area contributed by atoms with Crippen LogP contribution in [0.5, 0.6) is 0 Å². The summed E-state index contributed by atoms with van der Waals surface area (Å²) in [6.07, 6.45) is 1.78. The average molecular weight is 321 g/mol. The second-order valence-electron chi connectivity index (χ2n) is 5.72. The topological polar surface area (TPSA) is 84.7 Å². The molecule has 0 aliphatic carbocycles. The predicted molar refractivity (Wildman–Crippen MR) is 86.3 cm³/mol. The second-order valence-corrected chi connectivity index (χ2v) is 6.81. The van der Waals surface area contributed by atoms with Gasteiger partial charge in [-0.05, 0) is 20.8 Å². The van der Waals surface area contributed by atoms with Crippen LogP contribution in [-0.2, 0) is 11.8 Å². The fraction of sp³-hybridized carbons (Fsp3) is 0.500.